The van der Waals surface area contributed by atoms with Crippen LogP contribution >= 0.6 is 0 Å². The van der Waals surface area contributed by atoms with Crippen LogP contribution in [-0.4, -0.2) is 48.3 Å². The number of ether oxygens (including phenoxy) is 1. The lowest BCUT2D eigenvalue weighted by molar-refractivity contribution is -0.128. The first-order chi connectivity index (χ1) is 13.4. The summed E-state index contributed by atoms with van der Waals surface area (Å²) >= 11 is 0. The molecule has 0 atom stereocenters. The van der Waals surface area contributed by atoms with Gasteiger partial charge in [-0.05, 0) is 37.1 Å². The van der Waals surface area contributed by atoms with E-state index in [-0.39, 0.29) is 18.4 Å². The van der Waals surface area contributed by atoms with Crippen LogP contribution in [0.15, 0.2) is 34.7 Å². The normalized spacial score (nSPS) is 13.7. The number of hydrogen-bond acceptors (Lipinski definition) is 5. The third kappa shape index (κ3) is 4.24. The molecule has 2 heterocycles. The van der Waals surface area contributed by atoms with Crippen LogP contribution in [0, 0.1) is 6.92 Å². The number of nitrogens with zero attached hydrogens (tertiary/aromatic N) is 2. The topological polar surface area (TPSA) is 80.1 Å². The van der Waals surface area contributed by atoms with Crippen molar-refractivity contribution < 1.29 is 23.5 Å². The third-order valence-corrected chi connectivity index (χ3v) is 4.83. The van der Waals surface area contributed by atoms with Gasteiger partial charge in [-0.15, -0.1) is 0 Å². The van der Waals surface area contributed by atoms with Crippen LogP contribution in [0.3, 0.4) is 0 Å². The fraction of sp³-hybridized carbons (Fsp3) is 0.381. The Hall–Kier alpha value is -3.09. The minimum absolute atomic E-state index is 0.156. The average Bonchev–Trinajstić information content (AvgIpc) is 3.25. The molecule has 1 saturated heterocycles. The largest absolute Gasteiger partial charge is 0.465 e. The van der Waals surface area contributed by atoms with Crippen molar-refractivity contribution in [2.24, 2.45) is 0 Å². The van der Waals surface area contributed by atoms with Crippen LogP contribution in [0.25, 0.3) is 0 Å². The summed E-state index contributed by atoms with van der Waals surface area (Å²) < 4.78 is 10.3. The Morgan fingerprint density at radius 2 is 2.07 bits per heavy atom. The van der Waals surface area contributed by atoms with Crippen molar-refractivity contribution in [1.29, 1.82) is 0 Å². The fourth-order valence-electron chi connectivity index (χ4n) is 3.35. The zero-order valence-electron chi connectivity index (χ0n) is 16.4. The van der Waals surface area contributed by atoms with Gasteiger partial charge in [0.05, 0.1) is 13.7 Å². The number of methoxy groups -OCH3 is 1. The molecule has 2 amide bonds. The monoisotopic (exact) mass is 384 g/mol. The molecule has 28 heavy (non-hydrogen) atoms. The van der Waals surface area contributed by atoms with E-state index >= 15 is 0 Å². The molecule has 0 saturated carbocycles. The molecule has 1 fully saturated rings. The lowest BCUT2D eigenvalue weighted by atomic mass is 10.1. The second-order valence-corrected chi connectivity index (χ2v) is 6.95. The van der Waals surface area contributed by atoms with Gasteiger partial charge in [0, 0.05) is 32.1 Å². The number of carbonyl (C=O) groups is 3. The summed E-state index contributed by atoms with van der Waals surface area (Å²) in [5, 5.41) is 0. The van der Waals surface area contributed by atoms with Crippen molar-refractivity contribution in [3.05, 3.63) is 58.5 Å². The standard InChI is InChI=1S/C21H24N2O5/c1-14-18(21(26)27-3)11-17(28-14)13-22(2)20(25)16-7-4-6-15(10-16)12-23-9-5-8-19(23)24/h4,6-7,10-11H,5,8-9,12-13H2,1-3H3. The Morgan fingerprint density at radius 1 is 1.29 bits per heavy atom. The summed E-state index contributed by atoms with van der Waals surface area (Å²) in [6, 6.07) is 8.91. The Labute approximate surface area is 163 Å². The molecule has 0 aliphatic carbocycles. The molecule has 0 unspecified atom stereocenters. The Balaban J connectivity index is 1.69. The molecule has 0 bridgehead atoms. The highest BCUT2D eigenvalue weighted by molar-refractivity contribution is 5.94. The molecule has 148 valence electrons. The van der Waals surface area contributed by atoms with Gasteiger partial charge >= 0.3 is 5.97 Å². The molecular formula is C21H24N2O5. The quantitative estimate of drug-likeness (QED) is 0.716. The summed E-state index contributed by atoms with van der Waals surface area (Å²) in [7, 11) is 2.99. The predicted octanol–water partition coefficient (Wildman–Crippen LogP) is 2.77. The molecule has 0 N–H and O–H groups in total. The van der Waals surface area contributed by atoms with Crippen molar-refractivity contribution in [3.8, 4) is 0 Å². The Bertz CT molecular complexity index is 902. The van der Waals surface area contributed by atoms with Gasteiger partial charge in [0.2, 0.25) is 5.91 Å². The van der Waals surface area contributed by atoms with E-state index in [0.717, 1.165) is 18.5 Å². The highest BCUT2D eigenvalue weighted by Gasteiger charge is 2.21. The fourth-order valence-corrected chi connectivity index (χ4v) is 3.35. The molecule has 1 aromatic carbocycles. The van der Waals surface area contributed by atoms with Gasteiger partial charge in [-0.3, -0.25) is 9.59 Å². The first-order valence-corrected chi connectivity index (χ1v) is 9.19. The van der Waals surface area contributed by atoms with Gasteiger partial charge in [0.15, 0.2) is 0 Å². The van der Waals surface area contributed by atoms with Crippen LogP contribution in [0.2, 0.25) is 0 Å². The molecule has 1 aliphatic heterocycles. The number of rotatable bonds is 6. The lowest BCUT2D eigenvalue weighted by Gasteiger charge is -2.18. The van der Waals surface area contributed by atoms with Crippen LogP contribution in [-0.2, 0) is 22.6 Å². The number of hydrogen-bond donors (Lipinski definition) is 0. The smallest absolute Gasteiger partial charge is 0.341 e. The zero-order chi connectivity index (χ0) is 20.3. The van der Waals surface area contributed by atoms with Crippen LogP contribution in [0.4, 0.5) is 0 Å². The number of esters is 1. The van der Waals surface area contributed by atoms with Crippen molar-refractivity contribution in [3.63, 3.8) is 0 Å². The molecule has 2 aromatic rings. The van der Waals surface area contributed by atoms with E-state index < -0.39 is 5.97 Å². The number of furan rings is 1. The molecule has 7 heteroatoms. The molecular weight excluding hydrogens is 360 g/mol. The van der Waals surface area contributed by atoms with E-state index in [2.05, 4.69) is 0 Å². The van der Waals surface area contributed by atoms with Gasteiger partial charge in [0.25, 0.3) is 5.91 Å². The van der Waals surface area contributed by atoms with E-state index in [1.54, 1.807) is 26.1 Å². The summed E-state index contributed by atoms with van der Waals surface area (Å²) in [4.78, 5) is 39.7. The summed E-state index contributed by atoms with van der Waals surface area (Å²) in [5.74, 6) is 0.491. The number of amides is 2. The van der Waals surface area contributed by atoms with Gasteiger partial charge in [0.1, 0.15) is 17.1 Å². The zero-order valence-corrected chi connectivity index (χ0v) is 16.4. The molecule has 1 aromatic heterocycles. The van der Waals surface area contributed by atoms with Crippen molar-refractivity contribution >= 4 is 17.8 Å². The summed E-state index contributed by atoms with van der Waals surface area (Å²) in [5.41, 5.74) is 1.83. The molecule has 3 rings (SSSR count). The maximum Gasteiger partial charge on any atom is 0.341 e. The third-order valence-electron chi connectivity index (χ3n) is 4.83. The summed E-state index contributed by atoms with van der Waals surface area (Å²) in [6.07, 6.45) is 1.48. The van der Waals surface area contributed by atoms with Crippen LogP contribution in [0.1, 0.15) is 50.6 Å². The molecule has 0 radical (unpaired) electrons. The average molecular weight is 384 g/mol. The summed E-state index contributed by atoms with van der Waals surface area (Å²) in [6.45, 7) is 3.19. The first kappa shape index (κ1) is 19.7. The molecule has 1 aliphatic rings. The van der Waals surface area contributed by atoms with Gasteiger partial charge < -0.3 is 19.0 Å². The Kier molecular flexibility index (Phi) is 5.82. The number of carbonyl (C=O) groups excluding carboxylic acids is 3. The second-order valence-electron chi connectivity index (χ2n) is 6.95. The van der Waals surface area contributed by atoms with E-state index in [0.29, 0.717) is 35.6 Å². The molecule has 7 nitrogen and oxygen atoms in total. The van der Waals surface area contributed by atoms with Crippen LogP contribution < -0.4 is 0 Å². The molecule has 0 spiro atoms. The Morgan fingerprint density at radius 3 is 2.75 bits per heavy atom. The van der Waals surface area contributed by atoms with Crippen molar-refractivity contribution in [2.45, 2.75) is 32.9 Å². The number of benzene rings is 1. The first-order valence-electron chi connectivity index (χ1n) is 9.19. The minimum Gasteiger partial charge on any atom is -0.465 e. The predicted molar refractivity (Wildman–Crippen MR) is 102 cm³/mol. The lowest BCUT2D eigenvalue weighted by Crippen LogP contribution is -2.27. The van der Waals surface area contributed by atoms with Crippen molar-refractivity contribution in [2.75, 3.05) is 20.7 Å². The van der Waals surface area contributed by atoms with E-state index in [1.165, 1.54) is 12.0 Å². The highest BCUT2D eigenvalue weighted by Crippen LogP contribution is 2.19. The van der Waals surface area contributed by atoms with E-state index in [9.17, 15) is 14.4 Å². The van der Waals surface area contributed by atoms with Crippen molar-refractivity contribution in [1.82, 2.24) is 9.80 Å². The maximum atomic E-state index is 12.8. The second kappa shape index (κ2) is 8.29. The van der Waals surface area contributed by atoms with E-state index in [4.69, 9.17) is 9.15 Å². The number of likely N-dealkylation sites (tertiary alicyclic amines) is 1. The SMILES string of the molecule is COC(=O)c1cc(CN(C)C(=O)c2cccc(CN3CCCC3=O)c2)oc1C. The van der Waals surface area contributed by atoms with Gasteiger partial charge in [-0.25, -0.2) is 4.79 Å². The maximum absolute atomic E-state index is 12.8. The van der Waals surface area contributed by atoms with E-state index in [1.807, 2.05) is 23.1 Å². The highest BCUT2D eigenvalue weighted by atomic mass is 16.5. The van der Waals surface area contributed by atoms with Gasteiger partial charge in [-0.1, -0.05) is 12.1 Å². The van der Waals surface area contributed by atoms with Crippen LogP contribution in [0.5, 0.6) is 0 Å². The minimum atomic E-state index is -0.467. The van der Waals surface area contributed by atoms with Gasteiger partial charge in [-0.2, -0.15) is 0 Å². The number of aryl methyl sites for hydroxylation is 1.